The summed E-state index contributed by atoms with van der Waals surface area (Å²) < 4.78 is 0. The largest absolute Gasteiger partial charge is 0.350 e. The number of rotatable bonds is 6. The molecule has 0 aliphatic carbocycles. The standard InChI is InChI=1S/C17H22N4OS/c1-13-7-11-23-15(13)4-5-16(22)19-12-14-6-8-18-17(20-14)21-9-2-3-10-21/h6-8,11H,2-5,9-10,12H2,1H3,(H,19,22). The van der Waals surface area contributed by atoms with Gasteiger partial charge in [-0.2, -0.15) is 0 Å². The van der Waals surface area contributed by atoms with Crippen LogP contribution in [-0.4, -0.2) is 29.0 Å². The lowest BCUT2D eigenvalue weighted by atomic mass is 10.2. The van der Waals surface area contributed by atoms with E-state index in [0.29, 0.717) is 13.0 Å². The third-order valence-electron chi connectivity index (χ3n) is 4.10. The lowest BCUT2D eigenvalue weighted by Gasteiger charge is -2.15. The summed E-state index contributed by atoms with van der Waals surface area (Å²) in [6.45, 7) is 4.60. The molecule has 0 saturated carbocycles. The molecule has 0 bridgehead atoms. The number of carbonyl (C=O) groups excluding carboxylic acids is 1. The van der Waals surface area contributed by atoms with Crippen molar-refractivity contribution in [3.8, 4) is 0 Å². The van der Waals surface area contributed by atoms with Gasteiger partial charge in [-0.1, -0.05) is 0 Å². The summed E-state index contributed by atoms with van der Waals surface area (Å²) in [5.74, 6) is 0.850. The van der Waals surface area contributed by atoms with E-state index in [1.54, 1.807) is 17.5 Å². The van der Waals surface area contributed by atoms with Gasteiger partial charge in [0.15, 0.2) is 0 Å². The number of thiophene rings is 1. The van der Waals surface area contributed by atoms with Crippen LogP contribution < -0.4 is 10.2 Å². The van der Waals surface area contributed by atoms with Crippen molar-refractivity contribution in [2.75, 3.05) is 18.0 Å². The maximum absolute atomic E-state index is 12.0. The van der Waals surface area contributed by atoms with Gasteiger partial charge in [0.05, 0.1) is 12.2 Å². The van der Waals surface area contributed by atoms with Gasteiger partial charge in [-0.05, 0) is 49.3 Å². The molecule has 1 aliphatic rings. The molecule has 2 aromatic heterocycles. The summed E-state index contributed by atoms with van der Waals surface area (Å²) in [7, 11) is 0. The minimum atomic E-state index is 0.0686. The molecule has 3 heterocycles. The Balaban J connectivity index is 1.48. The molecule has 6 heteroatoms. The smallest absolute Gasteiger partial charge is 0.225 e. The molecule has 1 N–H and O–H groups in total. The molecule has 5 nitrogen and oxygen atoms in total. The van der Waals surface area contributed by atoms with Gasteiger partial charge in [-0.25, -0.2) is 9.97 Å². The number of anilines is 1. The van der Waals surface area contributed by atoms with E-state index in [9.17, 15) is 4.79 Å². The molecular weight excluding hydrogens is 308 g/mol. The molecule has 0 radical (unpaired) electrons. The average Bonchev–Trinajstić information content (AvgIpc) is 3.23. The maximum Gasteiger partial charge on any atom is 0.225 e. The van der Waals surface area contributed by atoms with E-state index in [1.807, 2.05) is 6.07 Å². The number of hydrogen-bond acceptors (Lipinski definition) is 5. The molecule has 0 aromatic carbocycles. The highest BCUT2D eigenvalue weighted by Crippen LogP contribution is 2.17. The van der Waals surface area contributed by atoms with Crippen LogP contribution in [0.2, 0.25) is 0 Å². The Hall–Kier alpha value is -1.95. The van der Waals surface area contributed by atoms with Crippen LogP contribution in [0, 0.1) is 6.92 Å². The number of hydrogen-bond donors (Lipinski definition) is 1. The quantitative estimate of drug-likeness (QED) is 0.885. The second-order valence-corrected chi connectivity index (χ2v) is 6.85. The Kier molecular flexibility index (Phi) is 5.23. The zero-order chi connectivity index (χ0) is 16.1. The van der Waals surface area contributed by atoms with E-state index in [-0.39, 0.29) is 5.91 Å². The molecule has 3 rings (SSSR count). The lowest BCUT2D eigenvalue weighted by Crippen LogP contribution is -2.25. The average molecular weight is 330 g/mol. The summed E-state index contributed by atoms with van der Waals surface area (Å²) in [6.07, 6.45) is 5.50. The molecule has 1 aliphatic heterocycles. The maximum atomic E-state index is 12.0. The Morgan fingerprint density at radius 1 is 1.35 bits per heavy atom. The summed E-state index contributed by atoms with van der Waals surface area (Å²) in [4.78, 5) is 24.4. The molecule has 122 valence electrons. The van der Waals surface area contributed by atoms with E-state index in [4.69, 9.17) is 0 Å². The van der Waals surface area contributed by atoms with Gasteiger partial charge < -0.3 is 10.2 Å². The zero-order valence-electron chi connectivity index (χ0n) is 13.4. The predicted octanol–water partition coefficient (Wildman–Crippen LogP) is 2.70. The Labute approximate surface area is 140 Å². The van der Waals surface area contributed by atoms with Gasteiger partial charge in [-0.15, -0.1) is 11.3 Å². The first-order valence-corrected chi connectivity index (χ1v) is 8.97. The first-order valence-electron chi connectivity index (χ1n) is 8.09. The highest BCUT2D eigenvalue weighted by atomic mass is 32.1. The van der Waals surface area contributed by atoms with Crippen LogP contribution >= 0.6 is 11.3 Å². The fourth-order valence-corrected chi connectivity index (χ4v) is 3.63. The number of carbonyl (C=O) groups is 1. The number of nitrogens with zero attached hydrogens (tertiary/aromatic N) is 3. The Morgan fingerprint density at radius 2 is 2.17 bits per heavy atom. The molecule has 0 unspecified atom stereocenters. The van der Waals surface area contributed by atoms with Crippen LogP contribution in [0.3, 0.4) is 0 Å². The van der Waals surface area contributed by atoms with Crippen LogP contribution in [0.5, 0.6) is 0 Å². The minimum absolute atomic E-state index is 0.0686. The Bertz CT molecular complexity index is 664. The fourth-order valence-electron chi connectivity index (χ4n) is 2.72. The van der Waals surface area contributed by atoms with E-state index < -0.39 is 0 Å². The van der Waals surface area contributed by atoms with Crippen LogP contribution in [0.4, 0.5) is 5.95 Å². The van der Waals surface area contributed by atoms with Gasteiger partial charge in [-0.3, -0.25) is 4.79 Å². The van der Waals surface area contributed by atoms with Crippen molar-refractivity contribution < 1.29 is 4.79 Å². The summed E-state index contributed by atoms with van der Waals surface area (Å²) in [5, 5.41) is 5.03. The van der Waals surface area contributed by atoms with Crippen molar-refractivity contribution in [1.82, 2.24) is 15.3 Å². The Morgan fingerprint density at radius 3 is 2.91 bits per heavy atom. The van der Waals surface area contributed by atoms with Gasteiger partial charge in [0, 0.05) is 30.6 Å². The van der Waals surface area contributed by atoms with Crippen molar-refractivity contribution in [2.24, 2.45) is 0 Å². The molecule has 0 atom stereocenters. The van der Waals surface area contributed by atoms with Gasteiger partial charge in [0.25, 0.3) is 0 Å². The second-order valence-electron chi connectivity index (χ2n) is 5.85. The molecule has 1 saturated heterocycles. The van der Waals surface area contributed by atoms with E-state index in [0.717, 1.165) is 31.2 Å². The fraction of sp³-hybridized carbons (Fsp3) is 0.471. The van der Waals surface area contributed by atoms with Gasteiger partial charge in [0.1, 0.15) is 0 Å². The molecule has 1 amide bonds. The highest BCUT2D eigenvalue weighted by Gasteiger charge is 2.15. The number of aromatic nitrogens is 2. The van der Waals surface area contributed by atoms with Gasteiger partial charge in [0.2, 0.25) is 11.9 Å². The summed E-state index contributed by atoms with van der Waals surface area (Å²) in [5.41, 5.74) is 2.14. The van der Waals surface area contributed by atoms with E-state index in [1.165, 1.54) is 23.3 Å². The molecule has 23 heavy (non-hydrogen) atoms. The molecule has 1 fully saturated rings. The van der Waals surface area contributed by atoms with Crippen LogP contribution in [-0.2, 0) is 17.8 Å². The molecule has 0 spiro atoms. The van der Waals surface area contributed by atoms with Crippen LogP contribution in [0.15, 0.2) is 23.7 Å². The first-order chi connectivity index (χ1) is 11.2. The predicted molar refractivity (Wildman–Crippen MR) is 92.7 cm³/mol. The van der Waals surface area contributed by atoms with E-state index >= 15 is 0 Å². The SMILES string of the molecule is Cc1ccsc1CCC(=O)NCc1ccnc(N2CCCC2)n1. The zero-order valence-corrected chi connectivity index (χ0v) is 14.2. The topological polar surface area (TPSA) is 58.1 Å². The summed E-state index contributed by atoms with van der Waals surface area (Å²) >= 11 is 1.72. The van der Waals surface area contributed by atoms with Crippen LogP contribution in [0.25, 0.3) is 0 Å². The highest BCUT2D eigenvalue weighted by molar-refractivity contribution is 7.10. The van der Waals surface area contributed by atoms with Crippen molar-refractivity contribution in [3.63, 3.8) is 0 Å². The minimum Gasteiger partial charge on any atom is -0.350 e. The molecular formula is C17H22N4OS. The van der Waals surface area contributed by atoms with Crippen molar-refractivity contribution in [2.45, 2.75) is 39.2 Å². The third-order valence-corrected chi connectivity index (χ3v) is 5.19. The van der Waals surface area contributed by atoms with Crippen molar-refractivity contribution >= 4 is 23.2 Å². The third kappa shape index (κ3) is 4.28. The first kappa shape index (κ1) is 15.9. The van der Waals surface area contributed by atoms with Crippen molar-refractivity contribution in [3.05, 3.63) is 39.8 Å². The lowest BCUT2D eigenvalue weighted by molar-refractivity contribution is -0.121. The number of amides is 1. The molecule has 2 aromatic rings. The van der Waals surface area contributed by atoms with Crippen LogP contribution in [0.1, 0.15) is 35.4 Å². The monoisotopic (exact) mass is 330 g/mol. The number of aryl methyl sites for hydroxylation is 2. The second kappa shape index (κ2) is 7.55. The number of nitrogens with one attached hydrogen (secondary N) is 1. The van der Waals surface area contributed by atoms with Crippen molar-refractivity contribution in [1.29, 1.82) is 0 Å². The summed E-state index contributed by atoms with van der Waals surface area (Å²) in [6, 6.07) is 3.96. The normalized spacial score (nSPS) is 14.2. The van der Waals surface area contributed by atoms with Gasteiger partial charge >= 0.3 is 0 Å². The van der Waals surface area contributed by atoms with E-state index in [2.05, 4.69) is 38.6 Å².